The van der Waals surface area contributed by atoms with Crippen molar-refractivity contribution in [1.29, 1.82) is 0 Å². The minimum absolute atomic E-state index is 0.161. The number of fused-ring (bicyclic) bond motifs is 1. The highest BCUT2D eigenvalue weighted by Gasteiger charge is 2.37. The molecule has 0 N–H and O–H groups in total. The summed E-state index contributed by atoms with van der Waals surface area (Å²) in [5.74, 6) is 0.908. The van der Waals surface area contributed by atoms with Crippen LogP contribution in [0.3, 0.4) is 0 Å². The van der Waals surface area contributed by atoms with Gasteiger partial charge in [-0.05, 0) is 49.0 Å². The Morgan fingerprint density at radius 1 is 1.15 bits per heavy atom. The third-order valence-corrected chi connectivity index (χ3v) is 4.83. The SMILES string of the molecule is O=C(/C=C/c1ccc(Cl)cc1)N1CCC2CCCCC21. The molecule has 3 rings (SSSR count). The molecule has 0 bridgehead atoms. The van der Waals surface area contributed by atoms with E-state index in [1.807, 2.05) is 30.3 Å². The van der Waals surface area contributed by atoms with Crippen LogP contribution in [0.25, 0.3) is 6.08 Å². The van der Waals surface area contributed by atoms with E-state index >= 15 is 0 Å². The first-order valence-corrected chi connectivity index (χ1v) is 7.86. The smallest absolute Gasteiger partial charge is 0.246 e. The number of hydrogen-bond acceptors (Lipinski definition) is 1. The first kappa shape index (κ1) is 13.7. The van der Waals surface area contributed by atoms with Gasteiger partial charge in [0.25, 0.3) is 0 Å². The largest absolute Gasteiger partial charge is 0.336 e. The average Bonchev–Trinajstić information content (AvgIpc) is 2.90. The fourth-order valence-corrected chi connectivity index (χ4v) is 3.64. The Labute approximate surface area is 125 Å². The molecule has 0 aromatic heterocycles. The van der Waals surface area contributed by atoms with Crippen molar-refractivity contribution >= 4 is 23.6 Å². The van der Waals surface area contributed by atoms with Crippen LogP contribution in [0.2, 0.25) is 5.02 Å². The number of likely N-dealkylation sites (tertiary alicyclic amines) is 1. The van der Waals surface area contributed by atoms with Crippen LogP contribution in [0.4, 0.5) is 0 Å². The van der Waals surface area contributed by atoms with Crippen LogP contribution in [0.15, 0.2) is 30.3 Å². The van der Waals surface area contributed by atoms with Crippen LogP contribution >= 0.6 is 11.6 Å². The molecule has 0 spiro atoms. The van der Waals surface area contributed by atoms with Crippen LogP contribution in [-0.4, -0.2) is 23.4 Å². The van der Waals surface area contributed by atoms with Gasteiger partial charge in [0, 0.05) is 23.7 Å². The van der Waals surface area contributed by atoms with Gasteiger partial charge in [0.1, 0.15) is 0 Å². The molecule has 20 heavy (non-hydrogen) atoms. The Morgan fingerprint density at radius 2 is 1.90 bits per heavy atom. The van der Waals surface area contributed by atoms with E-state index in [0.717, 1.165) is 23.0 Å². The number of carbonyl (C=O) groups is 1. The lowest BCUT2D eigenvalue weighted by atomic mass is 9.85. The quantitative estimate of drug-likeness (QED) is 0.749. The first-order chi connectivity index (χ1) is 9.74. The van der Waals surface area contributed by atoms with Crippen molar-refractivity contribution in [2.75, 3.05) is 6.54 Å². The van der Waals surface area contributed by atoms with E-state index in [-0.39, 0.29) is 5.91 Å². The third kappa shape index (κ3) is 2.90. The van der Waals surface area contributed by atoms with E-state index in [1.54, 1.807) is 6.08 Å². The van der Waals surface area contributed by atoms with E-state index in [0.29, 0.717) is 6.04 Å². The summed E-state index contributed by atoms with van der Waals surface area (Å²) >= 11 is 5.86. The summed E-state index contributed by atoms with van der Waals surface area (Å²) in [7, 11) is 0. The molecule has 2 nitrogen and oxygen atoms in total. The Morgan fingerprint density at radius 3 is 2.70 bits per heavy atom. The van der Waals surface area contributed by atoms with E-state index in [1.165, 1.54) is 32.1 Å². The number of rotatable bonds is 2. The molecule has 1 amide bonds. The summed E-state index contributed by atoms with van der Waals surface area (Å²) in [6, 6.07) is 8.04. The van der Waals surface area contributed by atoms with Crippen LogP contribution in [0, 0.1) is 5.92 Å². The molecule has 1 saturated carbocycles. The van der Waals surface area contributed by atoms with Crippen LogP contribution in [-0.2, 0) is 4.79 Å². The number of carbonyl (C=O) groups excluding carboxylic acids is 1. The molecule has 2 unspecified atom stereocenters. The molecule has 1 heterocycles. The highest BCUT2D eigenvalue weighted by atomic mass is 35.5. The molecule has 1 aliphatic heterocycles. The number of hydrogen-bond donors (Lipinski definition) is 0. The van der Waals surface area contributed by atoms with Crippen LogP contribution in [0.1, 0.15) is 37.7 Å². The zero-order chi connectivity index (χ0) is 13.9. The normalized spacial score (nSPS) is 25.9. The molecule has 106 valence electrons. The lowest BCUT2D eigenvalue weighted by molar-refractivity contribution is -0.127. The molecule has 2 atom stereocenters. The molecule has 1 saturated heterocycles. The van der Waals surface area contributed by atoms with Gasteiger partial charge in [-0.25, -0.2) is 0 Å². The number of amides is 1. The fourth-order valence-electron chi connectivity index (χ4n) is 3.52. The molecule has 0 radical (unpaired) electrons. The van der Waals surface area contributed by atoms with Gasteiger partial charge in [0.15, 0.2) is 0 Å². The summed E-state index contributed by atoms with van der Waals surface area (Å²) in [4.78, 5) is 14.4. The molecule has 3 heteroatoms. The molecule has 1 aromatic rings. The number of halogens is 1. The van der Waals surface area contributed by atoms with E-state index in [2.05, 4.69) is 4.90 Å². The highest BCUT2D eigenvalue weighted by molar-refractivity contribution is 6.30. The van der Waals surface area contributed by atoms with Gasteiger partial charge >= 0.3 is 0 Å². The Hall–Kier alpha value is -1.28. The highest BCUT2D eigenvalue weighted by Crippen LogP contribution is 2.36. The predicted molar refractivity (Wildman–Crippen MR) is 82.6 cm³/mol. The van der Waals surface area contributed by atoms with Gasteiger partial charge in [0.2, 0.25) is 5.91 Å². The summed E-state index contributed by atoms with van der Waals surface area (Å²) in [6.45, 7) is 0.930. The average molecular weight is 290 g/mol. The Bertz CT molecular complexity index is 508. The standard InChI is InChI=1S/C17H20ClNO/c18-15-8-5-13(6-9-15)7-10-17(20)19-12-11-14-3-1-2-4-16(14)19/h5-10,14,16H,1-4,11-12H2/b10-7+. The second kappa shape index (κ2) is 6.01. The van der Waals surface area contributed by atoms with Crippen molar-refractivity contribution in [1.82, 2.24) is 4.90 Å². The monoisotopic (exact) mass is 289 g/mol. The van der Waals surface area contributed by atoms with Crippen molar-refractivity contribution in [3.8, 4) is 0 Å². The van der Waals surface area contributed by atoms with E-state index < -0.39 is 0 Å². The zero-order valence-corrected chi connectivity index (χ0v) is 12.4. The predicted octanol–water partition coefficient (Wildman–Crippen LogP) is 4.14. The third-order valence-electron chi connectivity index (χ3n) is 4.58. The topological polar surface area (TPSA) is 20.3 Å². The van der Waals surface area contributed by atoms with Crippen molar-refractivity contribution in [3.05, 3.63) is 40.9 Å². The first-order valence-electron chi connectivity index (χ1n) is 7.48. The van der Waals surface area contributed by atoms with Gasteiger partial charge in [-0.2, -0.15) is 0 Å². The molecule has 2 fully saturated rings. The molecule has 1 aliphatic carbocycles. The maximum absolute atomic E-state index is 12.4. The molecular formula is C17H20ClNO. The second-order valence-corrected chi connectivity index (χ2v) is 6.25. The summed E-state index contributed by atoms with van der Waals surface area (Å²) in [6.07, 6.45) is 9.87. The number of benzene rings is 1. The minimum atomic E-state index is 0.161. The fraction of sp³-hybridized carbons (Fsp3) is 0.471. The zero-order valence-electron chi connectivity index (χ0n) is 11.6. The van der Waals surface area contributed by atoms with Gasteiger partial charge < -0.3 is 4.90 Å². The van der Waals surface area contributed by atoms with Crippen molar-refractivity contribution < 1.29 is 4.79 Å². The van der Waals surface area contributed by atoms with E-state index in [4.69, 9.17) is 11.6 Å². The van der Waals surface area contributed by atoms with Crippen LogP contribution in [0.5, 0.6) is 0 Å². The van der Waals surface area contributed by atoms with Crippen molar-refractivity contribution in [2.45, 2.75) is 38.1 Å². The minimum Gasteiger partial charge on any atom is -0.336 e. The van der Waals surface area contributed by atoms with Crippen molar-refractivity contribution in [3.63, 3.8) is 0 Å². The molecular weight excluding hydrogens is 270 g/mol. The Balaban J connectivity index is 1.65. The summed E-state index contributed by atoms with van der Waals surface area (Å²) in [5.41, 5.74) is 1.02. The van der Waals surface area contributed by atoms with Gasteiger partial charge in [-0.15, -0.1) is 0 Å². The lowest BCUT2D eigenvalue weighted by Crippen LogP contribution is -2.38. The summed E-state index contributed by atoms with van der Waals surface area (Å²) < 4.78 is 0. The molecule has 2 aliphatic rings. The second-order valence-electron chi connectivity index (χ2n) is 5.82. The van der Waals surface area contributed by atoms with Gasteiger partial charge in [-0.3, -0.25) is 4.79 Å². The summed E-state index contributed by atoms with van der Waals surface area (Å²) in [5, 5.41) is 0.720. The van der Waals surface area contributed by atoms with Crippen molar-refractivity contribution in [2.24, 2.45) is 5.92 Å². The maximum atomic E-state index is 12.4. The van der Waals surface area contributed by atoms with Crippen LogP contribution < -0.4 is 0 Å². The van der Waals surface area contributed by atoms with Gasteiger partial charge in [-0.1, -0.05) is 36.6 Å². The number of nitrogens with zero attached hydrogens (tertiary/aromatic N) is 1. The van der Waals surface area contributed by atoms with Gasteiger partial charge in [0.05, 0.1) is 0 Å². The molecule has 1 aromatic carbocycles. The maximum Gasteiger partial charge on any atom is 0.246 e. The lowest BCUT2D eigenvalue weighted by Gasteiger charge is -2.31. The Kier molecular flexibility index (Phi) is 4.11. The van der Waals surface area contributed by atoms with E-state index in [9.17, 15) is 4.79 Å².